The first kappa shape index (κ1) is 19.8. The second kappa shape index (κ2) is 9.31. The Morgan fingerprint density at radius 2 is 1.93 bits per heavy atom. The van der Waals surface area contributed by atoms with Crippen molar-refractivity contribution < 1.29 is 18.3 Å². The van der Waals surface area contributed by atoms with Crippen molar-refractivity contribution in [3.63, 3.8) is 0 Å². The molecule has 0 aliphatic heterocycles. The van der Waals surface area contributed by atoms with Crippen LogP contribution in [-0.2, 0) is 6.61 Å². The molecular weight excluding hydrogens is 577 g/mol. The Bertz CT molecular complexity index is 952. The average Bonchev–Trinajstić information content (AvgIpc) is 3.17. The maximum absolute atomic E-state index is 13.7. The SMILES string of the molecule is O=C(N/N=C\c1cc(I)c(OCc2ccccc2F)c(I)c1)c1ccco1. The summed E-state index contributed by atoms with van der Waals surface area (Å²) in [4.78, 5) is 11.8. The molecule has 0 saturated carbocycles. The topological polar surface area (TPSA) is 63.8 Å². The molecule has 3 rings (SSSR count). The molecule has 27 heavy (non-hydrogen) atoms. The number of amides is 1. The van der Waals surface area contributed by atoms with Crippen molar-refractivity contribution in [2.45, 2.75) is 6.61 Å². The van der Waals surface area contributed by atoms with Gasteiger partial charge in [-0.1, -0.05) is 18.2 Å². The fourth-order valence-electron chi connectivity index (χ4n) is 2.19. The molecule has 0 atom stereocenters. The van der Waals surface area contributed by atoms with Crippen LogP contribution >= 0.6 is 45.2 Å². The quantitative estimate of drug-likeness (QED) is 0.251. The molecule has 0 aliphatic carbocycles. The molecule has 0 radical (unpaired) electrons. The zero-order valence-electron chi connectivity index (χ0n) is 13.8. The molecule has 0 bridgehead atoms. The molecule has 5 nitrogen and oxygen atoms in total. The van der Waals surface area contributed by atoms with Crippen molar-refractivity contribution in [3.8, 4) is 5.75 Å². The maximum Gasteiger partial charge on any atom is 0.307 e. The highest BCUT2D eigenvalue weighted by molar-refractivity contribution is 14.1. The van der Waals surface area contributed by atoms with Gasteiger partial charge in [-0.3, -0.25) is 4.79 Å². The molecule has 3 aromatic rings. The Kier molecular flexibility index (Phi) is 6.83. The molecule has 1 amide bonds. The van der Waals surface area contributed by atoms with E-state index in [9.17, 15) is 9.18 Å². The van der Waals surface area contributed by atoms with Gasteiger partial charge in [-0.25, -0.2) is 9.82 Å². The van der Waals surface area contributed by atoms with Gasteiger partial charge in [0.05, 0.1) is 19.6 Å². The fourth-order valence-corrected chi connectivity index (χ4v) is 4.31. The summed E-state index contributed by atoms with van der Waals surface area (Å²) in [5, 5.41) is 3.93. The minimum Gasteiger partial charge on any atom is -0.487 e. The Balaban J connectivity index is 1.66. The minimum atomic E-state index is -0.425. The number of ether oxygens (including phenoxy) is 1. The van der Waals surface area contributed by atoms with Crippen LogP contribution in [0.15, 0.2) is 64.3 Å². The molecule has 1 N–H and O–H groups in total. The van der Waals surface area contributed by atoms with E-state index in [4.69, 9.17) is 9.15 Å². The van der Waals surface area contributed by atoms with Crippen LogP contribution in [0, 0.1) is 13.0 Å². The number of rotatable bonds is 6. The van der Waals surface area contributed by atoms with Gasteiger partial charge in [-0.2, -0.15) is 5.10 Å². The highest BCUT2D eigenvalue weighted by Gasteiger charge is 2.11. The van der Waals surface area contributed by atoms with Crippen LogP contribution in [0.5, 0.6) is 5.75 Å². The number of nitrogens with one attached hydrogen (secondary N) is 1. The number of benzene rings is 2. The van der Waals surface area contributed by atoms with Crippen molar-refractivity contribution in [3.05, 3.63) is 84.6 Å². The van der Waals surface area contributed by atoms with Crippen molar-refractivity contribution >= 4 is 57.3 Å². The smallest absolute Gasteiger partial charge is 0.307 e. The monoisotopic (exact) mass is 590 g/mol. The summed E-state index contributed by atoms with van der Waals surface area (Å²) in [7, 11) is 0. The number of hydrogen-bond acceptors (Lipinski definition) is 4. The van der Waals surface area contributed by atoms with E-state index in [1.165, 1.54) is 18.5 Å². The van der Waals surface area contributed by atoms with E-state index in [2.05, 4.69) is 55.7 Å². The molecule has 1 aromatic heterocycles. The molecular formula is C19H13FI2N2O3. The van der Waals surface area contributed by atoms with Gasteiger partial charge >= 0.3 is 5.91 Å². The van der Waals surface area contributed by atoms with Gasteiger partial charge in [0.15, 0.2) is 5.76 Å². The predicted octanol–water partition coefficient (Wildman–Crippen LogP) is 4.97. The zero-order chi connectivity index (χ0) is 19.2. The van der Waals surface area contributed by atoms with Crippen molar-refractivity contribution in [1.82, 2.24) is 5.43 Å². The standard InChI is InChI=1S/C19H13FI2N2O3/c20-14-5-2-1-4-13(14)11-27-18-15(21)8-12(9-16(18)22)10-23-24-19(25)17-6-3-7-26-17/h1-10H,11H2,(H,24,25)/b23-10-. The number of furan rings is 1. The molecule has 138 valence electrons. The summed E-state index contributed by atoms with van der Waals surface area (Å²) in [6, 6.07) is 13.4. The number of halogens is 3. The number of carbonyl (C=O) groups excluding carboxylic acids is 1. The van der Waals surface area contributed by atoms with Crippen LogP contribution in [0.1, 0.15) is 21.7 Å². The third-order valence-electron chi connectivity index (χ3n) is 3.48. The van der Waals surface area contributed by atoms with Crippen LogP contribution in [-0.4, -0.2) is 12.1 Å². The van der Waals surface area contributed by atoms with Crippen LogP contribution in [0.2, 0.25) is 0 Å². The third-order valence-corrected chi connectivity index (χ3v) is 5.08. The fraction of sp³-hybridized carbons (Fsp3) is 0.0526. The molecule has 0 aliphatic rings. The van der Waals surface area contributed by atoms with Crippen molar-refractivity contribution in [2.24, 2.45) is 5.10 Å². The van der Waals surface area contributed by atoms with E-state index < -0.39 is 5.91 Å². The summed E-state index contributed by atoms with van der Waals surface area (Å²) in [6.45, 7) is 0.144. The number of nitrogens with zero attached hydrogens (tertiary/aromatic N) is 1. The number of hydrazone groups is 1. The Morgan fingerprint density at radius 1 is 1.19 bits per heavy atom. The molecule has 0 fully saturated rings. The lowest BCUT2D eigenvalue weighted by Crippen LogP contribution is -2.16. The van der Waals surface area contributed by atoms with Gasteiger partial charge in [0, 0.05) is 5.56 Å². The molecule has 0 saturated heterocycles. The minimum absolute atomic E-state index is 0.144. The highest BCUT2D eigenvalue weighted by Crippen LogP contribution is 2.29. The van der Waals surface area contributed by atoms with Gasteiger partial charge in [-0.05, 0) is 81.1 Å². The summed E-state index contributed by atoms with van der Waals surface area (Å²) < 4.78 is 26.2. The molecule has 0 spiro atoms. The number of carbonyl (C=O) groups is 1. The van der Waals surface area contributed by atoms with Crippen LogP contribution < -0.4 is 10.2 Å². The molecule has 8 heteroatoms. The van der Waals surface area contributed by atoms with Crippen LogP contribution in [0.4, 0.5) is 4.39 Å². The summed E-state index contributed by atoms with van der Waals surface area (Å²) in [5.41, 5.74) is 3.69. The lowest BCUT2D eigenvalue weighted by molar-refractivity contribution is 0.0927. The summed E-state index contributed by atoms with van der Waals surface area (Å²) in [6.07, 6.45) is 2.95. The predicted molar refractivity (Wildman–Crippen MR) is 116 cm³/mol. The lowest BCUT2D eigenvalue weighted by atomic mass is 10.2. The van der Waals surface area contributed by atoms with Gasteiger partial charge in [0.25, 0.3) is 0 Å². The van der Waals surface area contributed by atoms with E-state index in [0.29, 0.717) is 11.3 Å². The van der Waals surface area contributed by atoms with Gasteiger partial charge in [0.1, 0.15) is 18.2 Å². The Hall–Kier alpha value is -1.95. The number of hydrogen-bond donors (Lipinski definition) is 1. The third kappa shape index (κ3) is 5.28. The molecule has 0 unspecified atom stereocenters. The van der Waals surface area contributed by atoms with Crippen LogP contribution in [0.3, 0.4) is 0 Å². The highest BCUT2D eigenvalue weighted by atomic mass is 127. The molecule has 2 aromatic carbocycles. The first-order valence-electron chi connectivity index (χ1n) is 7.77. The van der Waals surface area contributed by atoms with E-state index in [1.54, 1.807) is 30.3 Å². The second-order valence-corrected chi connectivity index (χ2v) is 7.69. The zero-order valence-corrected chi connectivity index (χ0v) is 18.1. The maximum atomic E-state index is 13.7. The van der Waals surface area contributed by atoms with E-state index in [0.717, 1.165) is 12.7 Å². The van der Waals surface area contributed by atoms with E-state index in [-0.39, 0.29) is 18.2 Å². The second-order valence-electron chi connectivity index (χ2n) is 5.37. The van der Waals surface area contributed by atoms with Crippen LogP contribution in [0.25, 0.3) is 0 Å². The van der Waals surface area contributed by atoms with E-state index in [1.807, 2.05) is 12.1 Å². The normalized spacial score (nSPS) is 10.9. The Morgan fingerprint density at radius 3 is 2.59 bits per heavy atom. The van der Waals surface area contributed by atoms with Crippen molar-refractivity contribution in [2.75, 3.05) is 0 Å². The van der Waals surface area contributed by atoms with Gasteiger partial charge in [-0.15, -0.1) is 0 Å². The average molecular weight is 590 g/mol. The van der Waals surface area contributed by atoms with Gasteiger partial charge in [0.2, 0.25) is 0 Å². The Labute approximate surface area is 182 Å². The first-order chi connectivity index (χ1) is 13.0. The van der Waals surface area contributed by atoms with Crippen molar-refractivity contribution in [1.29, 1.82) is 0 Å². The first-order valence-corrected chi connectivity index (χ1v) is 9.92. The van der Waals surface area contributed by atoms with E-state index >= 15 is 0 Å². The summed E-state index contributed by atoms with van der Waals surface area (Å²) in [5.74, 6) is 0.147. The largest absolute Gasteiger partial charge is 0.487 e. The van der Waals surface area contributed by atoms with Gasteiger partial charge < -0.3 is 9.15 Å². The molecule has 1 heterocycles. The lowest BCUT2D eigenvalue weighted by Gasteiger charge is -2.12. The summed E-state index contributed by atoms with van der Waals surface area (Å²) >= 11 is 4.30.